The highest BCUT2D eigenvalue weighted by atomic mass is 16.3. The van der Waals surface area contributed by atoms with Crippen molar-refractivity contribution in [2.24, 2.45) is 17.8 Å². The van der Waals surface area contributed by atoms with E-state index >= 15 is 0 Å². The highest BCUT2D eigenvalue weighted by molar-refractivity contribution is 5.81. The summed E-state index contributed by atoms with van der Waals surface area (Å²) in [6, 6.07) is 0. The van der Waals surface area contributed by atoms with E-state index in [2.05, 4.69) is 0 Å². The number of carbonyl (C=O) groups is 1. The molecule has 12 heavy (non-hydrogen) atoms. The molecule has 0 aromatic rings. The maximum absolute atomic E-state index is 11.1. The van der Waals surface area contributed by atoms with Crippen LogP contribution in [0.3, 0.4) is 0 Å². The van der Waals surface area contributed by atoms with Crippen molar-refractivity contribution in [1.29, 1.82) is 0 Å². The summed E-state index contributed by atoms with van der Waals surface area (Å²) in [5.74, 6) is 0.874. The minimum Gasteiger partial charge on any atom is -0.396 e. The first kappa shape index (κ1) is 8.20. The first-order chi connectivity index (χ1) is 5.72. The summed E-state index contributed by atoms with van der Waals surface area (Å²) in [7, 11) is 0. The largest absolute Gasteiger partial charge is 0.396 e. The minimum atomic E-state index is -0.377. The summed E-state index contributed by atoms with van der Waals surface area (Å²) in [5, 5.41) is 18.5. The number of fused-ring (bicyclic) bond motifs is 1. The highest BCUT2D eigenvalue weighted by Gasteiger charge is 2.47. The third-order valence-corrected chi connectivity index (χ3v) is 3.36. The number of aliphatic hydroxyl groups is 2. The molecule has 2 saturated carbocycles. The average Bonchev–Trinajstić information content (AvgIpc) is 2.43. The first-order valence-electron chi connectivity index (χ1n) is 4.53. The van der Waals surface area contributed by atoms with E-state index in [4.69, 9.17) is 5.11 Å². The molecule has 4 atom stereocenters. The predicted molar refractivity (Wildman–Crippen MR) is 42.4 cm³/mol. The molecule has 0 saturated heterocycles. The van der Waals surface area contributed by atoms with E-state index in [9.17, 15) is 9.90 Å². The monoisotopic (exact) mass is 170 g/mol. The van der Waals surface area contributed by atoms with E-state index in [0.29, 0.717) is 31.0 Å². The molecule has 3 heteroatoms. The number of hydrogen-bond donors (Lipinski definition) is 2. The van der Waals surface area contributed by atoms with Crippen LogP contribution >= 0.6 is 0 Å². The van der Waals surface area contributed by atoms with Gasteiger partial charge in [-0.05, 0) is 18.3 Å². The number of ketones is 1. The normalized spacial score (nSPS) is 46.7. The lowest BCUT2D eigenvalue weighted by atomic mass is 9.92. The van der Waals surface area contributed by atoms with Crippen molar-refractivity contribution in [3.05, 3.63) is 0 Å². The van der Waals surface area contributed by atoms with Gasteiger partial charge in [-0.25, -0.2) is 0 Å². The van der Waals surface area contributed by atoms with Gasteiger partial charge in [-0.2, -0.15) is 0 Å². The summed E-state index contributed by atoms with van der Waals surface area (Å²) in [4.78, 5) is 11.1. The molecule has 2 fully saturated rings. The van der Waals surface area contributed by atoms with Crippen LogP contribution < -0.4 is 0 Å². The van der Waals surface area contributed by atoms with Crippen LogP contribution in [-0.2, 0) is 4.79 Å². The summed E-state index contributed by atoms with van der Waals surface area (Å²) in [6.07, 6.45) is 1.53. The SMILES string of the molecule is O=C1CC2CC(O)C(CO)C2C1. The second kappa shape index (κ2) is 2.82. The van der Waals surface area contributed by atoms with Gasteiger partial charge in [0, 0.05) is 25.4 Å². The molecule has 2 N–H and O–H groups in total. The number of hydrogen-bond acceptors (Lipinski definition) is 3. The maximum atomic E-state index is 11.1. The Morgan fingerprint density at radius 2 is 2.17 bits per heavy atom. The Morgan fingerprint density at radius 1 is 1.42 bits per heavy atom. The van der Waals surface area contributed by atoms with Gasteiger partial charge in [0.1, 0.15) is 5.78 Å². The van der Waals surface area contributed by atoms with E-state index in [0.717, 1.165) is 0 Å². The van der Waals surface area contributed by atoms with Gasteiger partial charge in [0.25, 0.3) is 0 Å². The summed E-state index contributed by atoms with van der Waals surface area (Å²) < 4.78 is 0. The van der Waals surface area contributed by atoms with Gasteiger partial charge in [-0.3, -0.25) is 4.79 Å². The van der Waals surface area contributed by atoms with Crippen LogP contribution in [0.25, 0.3) is 0 Å². The van der Waals surface area contributed by atoms with Crippen molar-refractivity contribution in [2.75, 3.05) is 6.61 Å². The van der Waals surface area contributed by atoms with Crippen molar-refractivity contribution in [3.63, 3.8) is 0 Å². The Bertz CT molecular complexity index is 202. The first-order valence-corrected chi connectivity index (χ1v) is 4.53. The summed E-state index contributed by atoms with van der Waals surface area (Å²) in [6.45, 7) is 0.0234. The Balaban J connectivity index is 2.11. The maximum Gasteiger partial charge on any atom is 0.133 e. The molecule has 2 rings (SSSR count). The van der Waals surface area contributed by atoms with Crippen LogP contribution in [0.5, 0.6) is 0 Å². The van der Waals surface area contributed by atoms with Crippen LogP contribution in [0, 0.1) is 17.8 Å². The fraction of sp³-hybridized carbons (Fsp3) is 0.889. The zero-order valence-electron chi connectivity index (χ0n) is 6.94. The molecule has 0 spiro atoms. The zero-order chi connectivity index (χ0) is 8.72. The zero-order valence-corrected chi connectivity index (χ0v) is 6.94. The van der Waals surface area contributed by atoms with Crippen molar-refractivity contribution in [2.45, 2.75) is 25.4 Å². The van der Waals surface area contributed by atoms with Gasteiger partial charge in [0.05, 0.1) is 6.10 Å². The standard InChI is InChI=1S/C9H14O3/c10-4-8-7-3-6(11)1-5(7)2-9(8)12/h5,7-10,12H,1-4H2. The van der Waals surface area contributed by atoms with Crippen LogP contribution in [0.1, 0.15) is 19.3 Å². The molecule has 0 bridgehead atoms. The smallest absolute Gasteiger partial charge is 0.133 e. The summed E-state index contributed by atoms with van der Waals surface area (Å²) in [5.41, 5.74) is 0. The number of rotatable bonds is 1. The van der Waals surface area contributed by atoms with Crippen LogP contribution in [0.2, 0.25) is 0 Å². The fourth-order valence-electron chi connectivity index (χ4n) is 2.74. The second-order valence-electron chi connectivity index (χ2n) is 4.02. The molecule has 2 aliphatic rings. The van der Waals surface area contributed by atoms with Gasteiger partial charge in [0.2, 0.25) is 0 Å². The lowest BCUT2D eigenvalue weighted by molar-refractivity contribution is -0.118. The van der Waals surface area contributed by atoms with Crippen molar-refractivity contribution in [1.82, 2.24) is 0 Å². The molecule has 2 aliphatic carbocycles. The lowest BCUT2D eigenvalue weighted by Gasteiger charge is -2.16. The number of carbonyl (C=O) groups excluding carboxylic acids is 1. The topological polar surface area (TPSA) is 57.5 Å². The van der Waals surface area contributed by atoms with E-state index < -0.39 is 0 Å². The van der Waals surface area contributed by atoms with Gasteiger partial charge in [0.15, 0.2) is 0 Å². The van der Waals surface area contributed by atoms with Crippen molar-refractivity contribution in [3.8, 4) is 0 Å². The van der Waals surface area contributed by atoms with E-state index in [1.807, 2.05) is 0 Å². The molecule has 0 aliphatic heterocycles. The lowest BCUT2D eigenvalue weighted by Crippen LogP contribution is -2.23. The molecule has 0 amide bonds. The Hall–Kier alpha value is -0.410. The molecule has 0 aromatic heterocycles. The molecule has 68 valence electrons. The third kappa shape index (κ3) is 1.08. The Labute approximate surface area is 71.4 Å². The van der Waals surface area contributed by atoms with E-state index in [1.165, 1.54) is 0 Å². The van der Waals surface area contributed by atoms with Crippen LogP contribution in [0.4, 0.5) is 0 Å². The molecule has 3 nitrogen and oxygen atoms in total. The molecule has 0 heterocycles. The van der Waals surface area contributed by atoms with Gasteiger partial charge in [-0.15, -0.1) is 0 Å². The highest BCUT2D eigenvalue weighted by Crippen LogP contribution is 2.45. The van der Waals surface area contributed by atoms with E-state index in [-0.39, 0.29) is 24.5 Å². The van der Waals surface area contributed by atoms with Gasteiger partial charge < -0.3 is 10.2 Å². The van der Waals surface area contributed by atoms with Crippen molar-refractivity contribution < 1.29 is 15.0 Å². The molecule has 0 radical (unpaired) electrons. The molecule has 4 unspecified atom stereocenters. The van der Waals surface area contributed by atoms with Crippen LogP contribution in [-0.4, -0.2) is 28.7 Å². The van der Waals surface area contributed by atoms with Gasteiger partial charge >= 0.3 is 0 Å². The molecule has 0 aromatic carbocycles. The van der Waals surface area contributed by atoms with E-state index in [1.54, 1.807) is 0 Å². The molecular formula is C9H14O3. The minimum absolute atomic E-state index is 0.0234. The predicted octanol–water partition coefficient (Wildman–Crippen LogP) is -0.0452. The quantitative estimate of drug-likeness (QED) is 0.580. The average molecular weight is 170 g/mol. The number of Topliss-reactive ketones (excluding diaryl/α,β-unsaturated/α-hetero) is 1. The number of aliphatic hydroxyl groups excluding tert-OH is 2. The molecular weight excluding hydrogens is 156 g/mol. The fourth-order valence-corrected chi connectivity index (χ4v) is 2.74. The summed E-state index contributed by atoms with van der Waals surface area (Å²) >= 11 is 0. The van der Waals surface area contributed by atoms with Gasteiger partial charge in [-0.1, -0.05) is 0 Å². The third-order valence-electron chi connectivity index (χ3n) is 3.36. The van der Waals surface area contributed by atoms with Crippen LogP contribution in [0.15, 0.2) is 0 Å². The Kier molecular flexibility index (Phi) is 1.93. The second-order valence-corrected chi connectivity index (χ2v) is 4.02. The Morgan fingerprint density at radius 3 is 2.83 bits per heavy atom. The van der Waals surface area contributed by atoms with Crippen molar-refractivity contribution >= 4 is 5.78 Å².